The van der Waals surface area contributed by atoms with E-state index in [4.69, 9.17) is 33.2 Å². The minimum atomic E-state index is -1.82. The van der Waals surface area contributed by atoms with Gasteiger partial charge in [0.05, 0.1) is 41.9 Å². The van der Waals surface area contributed by atoms with E-state index < -0.39 is 95.8 Å². The van der Waals surface area contributed by atoms with Gasteiger partial charge in [0.1, 0.15) is 41.4 Å². The summed E-state index contributed by atoms with van der Waals surface area (Å²) in [5, 5.41) is 45.5. The predicted octanol–water partition coefficient (Wildman–Crippen LogP) is 3.67. The van der Waals surface area contributed by atoms with Crippen LogP contribution in [-0.4, -0.2) is 136 Å². The smallest absolute Gasteiger partial charge is 0.311 e. The molecule has 302 valence electrons. The first-order valence-electron chi connectivity index (χ1n) is 19.5. The molecule has 0 aromatic carbocycles. The molecule has 4 aliphatic heterocycles. The van der Waals surface area contributed by atoms with Crippen molar-refractivity contribution in [3.8, 4) is 0 Å². The summed E-state index contributed by atoms with van der Waals surface area (Å²) in [6, 6.07) is -0.196. The molecule has 0 amide bonds. The maximum atomic E-state index is 14.3. The van der Waals surface area contributed by atoms with Crippen LogP contribution in [0.5, 0.6) is 0 Å². The molecular weight excluding hydrogens is 674 g/mol. The summed E-state index contributed by atoms with van der Waals surface area (Å²) < 4.78 is 45.2. The van der Waals surface area contributed by atoms with Gasteiger partial charge in [-0.05, 0) is 80.0 Å². The molecule has 0 saturated carbocycles. The lowest BCUT2D eigenvalue weighted by Crippen LogP contribution is -2.60. The Morgan fingerprint density at radius 2 is 1.65 bits per heavy atom. The Hall–Kier alpha value is -1.39. The van der Waals surface area contributed by atoms with Crippen molar-refractivity contribution in [3.05, 3.63) is 11.3 Å². The maximum absolute atomic E-state index is 14.3. The van der Waals surface area contributed by atoms with Crippen LogP contribution >= 0.6 is 0 Å². The number of aliphatic hydroxyl groups excluding tert-OH is 3. The van der Waals surface area contributed by atoms with Gasteiger partial charge in [-0.2, -0.15) is 0 Å². The number of cyclic esters (lactones) is 1. The van der Waals surface area contributed by atoms with E-state index in [1.807, 2.05) is 34.6 Å². The number of ether oxygens (including phenoxy) is 7. The summed E-state index contributed by atoms with van der Waals surface area (Å²) >= 11 is 0. The molecule has 2 bridgehead atoms. The molecule has 0 aromatic heterocycles. The fourth-order valence-corrected chi connectivity index (χ4v) is 9.27. The van der Waals surface area contributed by atoms with E-state index in [0.717, 1.165) is 18.7 Å². The van der Waals surface area contributed by atoms with Crippen LogP contribution in [0.15, 0.2) is 11.3 Å². The lowest BCUT2D eigenvalue weighted by molar-refractivity contribution is -0.317. The normalized spacial score (nSPS) is 45.2. The molecule has 0 spiro atoms. The van der Waals surface area contributed by atoms with Crippen LogP contribution in [0.25, 0.3) is 0 Å². The second kappa shape index (κ2) is 16.8. The van der Waals surface area contributed by atoms with Crippen LogP contribution < -0.4 is 0 Å². The highest BCUT2D eigenvalue weighted by molar-refractivity contribution is 5.73. The molecular formula is C39H69NO12. The topological polar surface area (TPSA) is 166 Å². The molecule has 5 unspecified atom stereocenters. The number of carbonyl (C=O) groups excluding carboxylic acids is 1. The Balaban J connectivity index is 1.83. The molecule has 3 fully saturated rings. The van der Waals surface area contributed by atoms with Crippen molar-refractivity contribution in [3.63, 3.8) is 0 Å². The average molecular weight is 744 g/mol. The van der Waals surface area contributed by atoms with E-state index in [2.05, 4.69) is 18.7 Å². The van der Waals surface area contributed by atoms with Crippen LogP contribution in [0, 0.1) is 17.8 Å². The summed E-state index contributed by atoms with van der Waals surface area (Å²) in [5.74, 6) is -2.25. The van der Waals surface area contributed by atoms with Gasteiger partial charge in [-0.1, -0.05) is 34.6 Å². The Morgan fingerprint density at radius 1 is 1.02 bits per heavy atom. The zero-order chi connectivity index (χ0) is 39.1. The van der Waals surface area contributed by atoms with Crippen molar-refractivity contribution in [2.45, 2.75) is 193 Å². The van der Waals surface area contributed by atoms with Crippen molar-refractivity contribution in [2.24, 2.45) is 17.8 Å². The fourth-order valence-electron chi connectivity index (χ4n) is 9.27. The van der Waals surface area contributed by atoms with E-state index in [0.29, 0.717) is 18.6 Å². The molecule has 13 heteroatoms. The van der Waals surface area contributed by atoms with Gasteiger partial charge in [0.15, 0.2) is 12.6 Å². The molecule has 4 heterocycles. The van der Waals surface area contributed by atoms with Gasteiger partial charge in [0, 0.05) is 31.9 Å². The monoisotopic (exact) mass is 743 g/mol. The number of hydrogen-bond donors (Lipinski definition) is 4. The molecule has 4 N–H and O–H groups in total. The van der Waals surface area contributed by atoms with Crippen molar-refractivity contribution in [1.29, 1.82) is 0 Å². The summed E-state index contributed by atoms with van der Waals surface area (Å²) in [4.78, 5) is 16.5. The third kappa shape index (κ3) is 8.39. The molecule has 52 heavy (non-hydrogen) atoms. The molecule has 4 rings (SSSR count). The van der Waals surface area contributed by atoms with Crippen molar-refractivity contribution >= 4 is 5.97 Å². The largest absolute Gasteiger partial charge is 0.488 e. The van der Waals surface area contributed by atoms with Crippen molar-refractivity contribution in [2.75, 3.05) is 20.2 Å². The Morgan fingerprint density at radius 3 is 2.23 bits per heavy atom. The lowest BCUT2D eigenvalue weighted by Gasteiger charge is -2.49. The Bertz CT molecular complexity index is 1240. The molecule has 4 aliphatic rings. The van der Waals surface area contributed by atoms with Crippen LogP contribution in [0.3, 0.4) is 0 Å². The standard InChI is InChI=1S/C39H69NO12/c1-14-27(41)39(12,45)34-22(6)30-20(4)18-38(11,52-30)33(51-36-29(42)26(17-21(5)47-36)40(15-2)16-3)23(7)31(24(8)35(44)50-34)49-28-19-37(10,46-13)32(43)25(9)48-28/h21-29,31-34,36,41-43,45H,14-19H2,1-13H3/t21?,22-,23-,24+,25?,26?,27-,28-,29?,31-,32-,33+,34+,36-,37?,38+,39+/m0/s1. The van der Waals surface area contributed by atoms with E-state index in [-0.39, 0.29) is 25.0 Å². The highest BCUT2D eigenvalue weighted by Crippen LogP contribution is 2.48. The molecule has 0 radical (unpaired) electrons. The number of carbonyl (C=O) groups is 1. The highest BCUT2D eigenvalue weighted by atomic mass is 16.7. The molecule has 3 saturated heterocycles. The quantitative estimate of drug-likeness (QED) is 0.227. The van der Waals surface area contributed by atoms with Gasteiger partial charge in [-0.3, -0.25) is 9.69 Å². The van der Waals surface area contributed by atoms with E-state index >= 15 is 0 Å². The van der Waals surface area contributed by atoms with Gasteiger partial charge < -0.3 is 53.6 Å². The molecule has 0 aromatic rings. The lowest BCUT2D eigenvalue weighted by atomic mass is 9.78. The summed E-state index contributed by atoms with van der Waals surface area (Å²) in [7, 11) is 1.53. The first-order chi connectivity index (χ1) is 24.2. The fraction of sp³-hybridized carbons (Fsp3) is 0.923. The van der Waals surface area contributed by atoms with Gasteiger partial charge in [-0.15, -0.1) is 0 Å². The number of methoxy groups -OCH3 is 1. The number of esters is 1. The van der Waals surface area contributed by atoms with Crippen LogP contribution in [0.4, 0.5) is 0 Å². The number of likely N-dealkylation sites (N-methyl/N-ethyl adjacent to an activating group) is 1. The van der Waals surface area contributed by atoms with E-state index in [1.54, 1.807) is 27.7 Å². The number of nitrogens with zero attached hydrogens (tertiary/aromatic N) is 1. The third-order valence-electron chi connectivity index (χ3n) is 12.5. The van der Waals surface area contributed by atoms with Gasteiger partial charge in [0.2, 0.25) is 0 Å². The van der Waals surface area contributed by atoms with Crippen LogP contribution in [-0.2, 0) is 38.0 Å². The molecule has 17 atom stereocenters. The average Bonchev–Trinajstić information content (AvgIpc) is 3.41. The van der Waals surface area contributed by atoms with Gasteiger partial charge in [0.25, 0.3) is 0 Å². The van der Waals surface area contributed by atoms with E-state index in [1.165, 1.54) is 14.0 Å². The minimum Gasteiger partial charge on any atom is -0.488 e. The third-order valence-corrected chi connectivity index (χ3v) is 12.5. The SMILES string of the molecule is CC[C@H](O)[C@@](C)(O)[C@@H]1OC(=O)[C@H](C)[C@@H](O[C@H]2CC(C)(OC)[C@@H](O)C(C)O2)[C@H](C)[C@@H](O[C@@H]2OC(C)CC(N(CC)CC)C2O)[C@@]2(C)CC(C)=C(O2)[C@@H]1C. The zero-order valence-corrected chi connectivity index (χ0v) is 33.8. The van der Waals surface area contributed by atoms with Crippen molar-refractivity contribution < 1.29 is 58.4 Å². The van der Waals surface area contributed by atoms with Crippen LogP contribution in [0.1, 0.15) is 109 Å². The minimum absolute atomic E-state index is 0.175. The first kappa shape index (κ1) is 43.3. The second-order valence-electron chi connectivity index (χ2n) is 16.6. The van der Waals surface area contributed by atoms with Crippen molar-refractivity contribution in [1.82, 2.24) is 4.90 Å². The Labute approximate surface area is 311 Å². The zero-order valence-electron chi connectivity index (χ0n) is 33.8. The summed E-state index contributed by atoms with van der Waals surface area (Å²) in [6.45, 7) is 23.7. The van der Waals surface area contributed by atoms with Gasteiger partial charge >= 0.3 is 5.97 Å². The van der Waals surface area contributed by atoms with Crippen LogP contribution in [0.2, 0.25) is 0 Å². The second-order valence-corrected chi connectivity index (χ2v) is 16.6. The number of fused-ring (bicyclic) bond motifs is 2. The maximum Gasteiger partial charge on any atom is 0.311 e. The number of rotatable bonds is 11. The predicted molar refractivity (Wildman–Crippen MR) is 193 cm³/mol. The molecule has 0 aliphatic carbocycles. The first-order valence-corrected chi connectivity index (χ1v) is 19.5. The van der Waals surface area contributed by atoms with Gasteiger partial charge in [-0.25, -0.2) is 0 Å². The summed E-state index contributed by atoms with van der Waals surface area (Å²) in [6.07, 6.45) is -7.21. The number of aliphatic hydroxyl groups is 4. The highest BCUT2D eigenvalue weighted by Gasteiger charge is 2.57. The Kier molecular flexibility index (Phi) is 14.0. The number of hydrogen-bond acceptors (Lipinski definition) is 13. The molecule has 13 nitrogen and oxygen atoms in total. The van der Waals surface area contributed by atoms with E-state index in [9.17, 15) is 25.2 Å². The summed E-state index contributed by atoms with van der Waals surface area (Å²) in [5.41, 5.74) is -2.95.